The third-order valence-corrected chi connectivity index (χ3v) is 11.4. The predicted octanol–water partition coefficient (Wildman–Crippen LogP) is 7.01. The van der Waals surface area contributed by atoms with Crippen LogP contribution in [0, 0.1) is 11.8 Å². The zero-order valence-corrected chi connectivity index (χ0v) is 22.2. The molecule has 3 fully saturated rings. The molecular weight excluding hydrogens is 407 g/mol. The maximum absolute atomic E-state index is 6.47. The van der Waals surface area contributed by atoms with Gasteiger partial charge in [-0.3, -0.25) is 0 Å². The van der Waals surface area contributed by atoms with Gasteiger partial charge >= 0.3 is 7.12 Å². The molecule has 0 aromatic heterocycles. The molecule has 1 heterocycles. The lowest BCUT2D eigenvalue weighted by Gasteiger charge is -2.32. The Morgan fingerprint density at radius 2 is 1.28 bits per heavy atom. The lowest BCUT2D eigenvalue weighted by Crippen LogP contribution is -2.41. The minimum Gasteiger partial charge on any atom is -0.400 e. The van der Waals surface area contributed by atoms with Crippen LogP contribution in [0.3, 0.4) is 0 Å². The van der Waals surface area contributed by atoms with E-state index >= 15 is 0 Å². The molecule has 2 aliphatic carbocycles. The van der Waals surface area contributed by atoms with Crippen molar-refractivity contribution in [2.24, 2.45) is 11.8 Å². The van der Waals surface area contributed by atoms with Crippen LogP contribution in [0.25, 0.3) is 0 Å². The van der Waals surface area contributed by atoms with Crippen molar-refractivity contribution in [3.05, 3.63) is 53.2 Å². The first-order valence-corrected chi connectivity index (χ1v) is 16.0. The minimum absolute atomic E-state index is 0.248. The summed E-state index contributed by atoms with van der Waals surface area (Å²) in [5, 5.41) is 1.52. The van der Waals surface area contributed by atoms with Crippen molar-refractivity contribution in [1.82, 2.24) is 0 Å². The van der Waals surface area contributed by atoms with Gasteiger partial charge < -0.3 is 9.31 Å². The number of hydrogen-bond donors (Lipinski definition) is 0. The third kappa shape index (κ3) is 5.03. The Kier molecular flexibility index (Phi) is 6.97. The van der Waals surface area contributed by atoms with Crippen LogP contribution in [0.4, 0.5) is 0 Å². The van der Waals surface area contributed by atoms with E-state index in [0.717, 1.165) is 0 Å². The summed E-state index contributed by atoms with van der Waals surface area (Å²) in [5.74, 6) is 3.74. The Labute approximate surface area is 198 Å². The average Bonchev–Trinajstić information content (AvgIpc) is 3.47. The second-order valence-corrected chi connectivity index (χ2v) is 16.2. The van der Waals surface area contributed by atoms with Gasteiger partial charge in [-0.05, 0) is 76.4 Å². The minimum atomic E-state index is -1.72. The molecule has 1 aliphatic heterocycles. The highest BCUT2D eigenvalue weighted by molar-refractivity contribution is 6.94. The summed E-state index contributed by atoms with van der Waals surface area (Å²) in [6.07, 6.45) is 10.7. The van der Waals surface area contributed by atoms with Crippen LogP contribution in [0.5, 0.6) is 0 Å². The van der Waals surface area contributed by atoms with Crippen LogP contribution in [0.15, 0.2) is 53.2 Å². The van der Waals surface area contributed by atoms with Crippen LogP contribution in [-0.4, -0.2) is 26.4 Å². The molecule has 3 aliphatic rings. The Morgan fingerprint density at radius 3 is 1.78 bits per heavy atom. The second kappa shape index (κ2) is 9.27. The highest BCUT2D eigenvalue weighted by Gasteiger charge is 2.50. The van der Waals surface area contributed by atoms with Gasteiger partial charge in [-0.2, -0.15) is 0 Å². The van der Waals surface area contributed by atoms with Gasteiger partial charge in [0.15, 0.2) is 0 Å². The monoisotopic (exact) mass is 450 g/mol. The van der Waals surface area contributed by atoms with E-state index < -0.39 is 8.07 Å². The Hall–Kier alpha value is -1.10. The molecule has 0 spiro atoms. The molecule has 32 heavy (non-hydrogen) atoms. The molecule has 4 heteroatoms. The molecule has 0 amide bonds. The smallest absolute Gasteiger partial charge is 0.400 e. The van der Waals surface area contributed by atoms with Crippen molar-refractivity contribution < 1.29 is 9.31 Å². The van der Waals surface area contributed by atoms with Crippen LogP contribution < -0.4 is 5.19 Å². The molecule has 0 N–H and O–H groups in total. The van der Waals surface area contributed by atoms with E-state index in [1.165, 1.54) is 56.6 Å². The highest BCUT2D eigenvalue weighted by atomic mass is 28.3. The lowest BCUT2D eigenvalue weighted by atomic mass is 9.76. The fourth-order valence-electron chi connectivity index (χ4n) is 5.82. The first-order chi connectivity index (χ1) is 15.1. The fourth-order valence-corrected chi connectivity index (χ4v) is 8.22. The third-order valence-electron chi connectivity index (χ3n) is 8.54. The van der Waals surface area contributed by atoms with Crippen molar-refractivity contribution >= 4 is 20.4 Å². The molecule has 2 saturated carbocycles. The van der Waals surface area contributed by atoms with Gasteiger partial charge in [0.25, 0.3) is 0 Å². The molecule has 0 atom stereocenters. The van der Waals surface area contributed by atoms with E-state index in [4.69, 9.17) is 9.31 Å². The first kappa shape index (κ1) is 24.0. The zero-order chi connectivity index (χ0) is 23.0. The van der Waals surface area contributed by atoms with Crippen molar-refractivity contribution in [2.75, 3.05) is 0 Å². The molecule has 1 saturated heterocycles. The molecule has 2 nitrogen and oxygen atoms in total. The topological polar surface area (TPSA) is 18.5 Å². The van der Waals surface area contributed by atoms with Crippen LogP contribution >= 0.6 is 0 Å². The zero-order valence-electron chi connectivity index (χ0n) is 21.2. The van der Waals surface area contributed by atoms with Gasteiger partial charge in [0.05, 0.1) is 11.2 Å². The largest absolute Gasteiger partial charge is 0.487 e. The van der Waals surface area contributed by atoms with Crippen LogP contribution in [0.2, 0.25) is 13.1 Å². The van der Waals surface area contributed by atoms with Gasteiger partial charge in [0.2, 0.25) is 0 Å². The van der Waals surface area contributed by atoms with E-state index in [-0.39, 0.29) is 18.3 Å². The Balaban J connectivity index is 1.76. The highest BCUT2D eigenvalue weighted by Crippen LogP contribution is 2.44. The van der Waals surface area contributed by atoms with E-state index in [2.05, 4.69) is 82.8 Å². The maximum atomic E-state index is 6.47. The molecule has 0 bridgehead atoms. The molecule has 0 radical (unpaired) electrons. The summed E-state index contributed by atoms with van der Waals surface area (Å²) >= 11 is 0. The summed E-state index contributed by atoms with van der Waals surface area (Å²) in [6, 6.07) is 11.2. The molecule has 1 aromatic rings. The van der Waals surface area contributed by atoms with Crippen molar-refractivity contribution in [3.63, 3.8) is 0 Å². The van der Waals surface area contributed by atoms with E-state index in [1.54, 1.807) is 11.1 Å². The summed E-state index contributed by atoms with van der Waals surface area (Å²) in [7, 11) is -1.97. The van der Waals surface area contributed by atoms with Gasteiger partial charge in [-0.25, -0.2) is 0 Å². The quantitative estimate of drug-likeness (QED) is 0.343. The van der Waals surface area contributed by atoms with Gasteiger partial charge in [0.1, 0.15) is 8.07 Å². The molecule has 174 valence electrons. The molecular formula is C28H43BO2Si. The Morgan fingerprint density at radius 1 is 0.812 bits per heavy atom. The second-order valence-electron chi connectivity index (χ2n) is 11.9. The number of rotatable bonds is 6. The fraction of sp³-hybridized carbons (Fsp3) is 0.643. The SMILES string of the molecule is CC1(C)OB(/C=C(\C(=C/[Si](C)(C)c2ccccc2)C2CCCC2)C2CCCC2)OC1(C)C. The van der Waals surface area contributed by atoms with Gasteiger partial charge in [-0.15, -0.1) is 0 Å². The standard InChI is InChI=1S/C28H43BO2Si/c1-27(2)28(3,4)31-29(30-27)20-25(22-14-10-11-15-22)26(23-16-12-13-17-23)21-32(5,6)24-18-8-7-9-19-24/h7-9,18-23H,10-17H2,1-6H3/b25-20-,26-21-. The normalized spacial score (nSPS) is 25.1. The van der Waals surface area contributed by atoms with Crippen molar-refractivity contribution in [1.29, 1.82) is 0 Å². The summed E-state index contributed by atoms with van der Waals surface area (Å²) in [4.78, 5) is 0. The number of allylic oxidation sites excluding steroid dienone is 2. The molecule has 1 aromatic carbocycles. The summed E-state index contributed by atoms with van der Waals surface area (Å²) in [6.45, 7) is 13.7. The van der Waals surface area contributed by atoms with Crippen molar-refractivity contribution in [2.45, 2.75) is 103 Å². The van der Waals surface area contributed by atoms with E-state index in [9.17, 15) is 0 Å². The molecule has 4 rings (SSSR count). The van der Waals surface area contributed by atoms with E-state index in [0.29, 0.717) is 11.8 Å². The lowest BCUT2D eigenvalue weighted by molar-refractivity contribution is 0.00578. The summed E-state index contributed by atoms with van der Waals surface area (Å²) < 4.78 is 12.9. The maximum Gasteiger partial charge on any atom is 0.487 e. The van der Waals surface area contributed by atoms with Crippen LogP contribution in [0.1, 0.15) is 79.1 Å². The number of hydrogen-bond acceptors (Lipinski definition) is 2. The van der Waals surface area contributed by atoms with Gasteiger partial charge in [-0.1, -0.05) is 86.0 Å². The summed E-state index contributed by atoms with van der Waals surface area (Å²) in [5.41, 5.74) is 5.37. The Bertz CT molecular complexity index is 827. The predicted molar refractivity (Wildman–Crippen MR) is 140 cm³/mol. The van der Waals surface area contributed by atoms with Gasteiger partial charge in [0, 0.05) is 0 Å². The molecule has 0 unspecified atom stereocenters. The van der Waals surface area contributed by atoms with Crippen LogP contribution in [-0.2, 0) is 9.31 Å². The van der Waals surface area contributed by atoms with E-state index in [1.807, 2.05) is 0 Å². The average molecular weight is 451 g/mol. The van der Waals surface area contributed by atoms with Crippen molar-refractivity contribution in [3.8, 4) is 0 Å². The first-order valence-electron chi connectivity index (χ1n) is 13.0. The number of benzene rings is 1.